The molecule has 2 aliphatic heterocycles. The molecule has 4 heterocycles. The third kappa shape index (κ3) is 3.00. The van der Waals surface area contributed by atoms with Gasteiger partial charge in [-0.2, -0.15) is 0 Å². The fourth-order valence-electron chi connectivity index (χ4n) is 4.43. The van der Waals surface area contributed by atoms with Gasteiger partial charge in [0.25, 0.3) is 5.91 Å². The molecular formula is C21H22N4O4. The van der Waals surface area contributed by atoms with Crippen molar-refractivity contribution in [3.8, 4) is 0 Å². The second-order valence-corrected chi connectivity index (χ2v) is 7.92. The number of carbonyl (C=O) groups is 2. The molecule has 1 aromatic carbocycles. The largest absolute Gasteiger partial charge is 0.472 e. The minimum absolute atomic E-state index is 0.00362. The Morgan fingerprint density at radius 1 is 1.38 bits per heavy atom. The van der Waals surface area contributed by atoms with Crippen LogP contribution in [0.5, 0.6) is 0 Å². The summed E-state index contributed by atoms with van der Waals surface area (Å²) in [5.41, 5.74) is 2.65. The molecule has 0 spiro atoms. The summed E-state index contributed by atoms with van der Waals surface area (Å²) < 4.78 is 10.7. The zero-order valence-corrected chi connectivity index (χ0v) is 16.1. The van der Waals surface area contributed by atoms with Gasteiger partial charge in [0.05, 0.1) is 41.5 Å². The molecule has 2 saturated heterocycles. The average Bonchev–Trinajstić information content (AvgIpc) is 3.47. The van der Waals surface area contributed by atoms with Gasteiger partial charge in [0.1, 0.15) is 12.1 Å². The lowest BCUT2D eigenvalue weighted by atomic mass is 9.80. The summed E-state index contributed by atoms with van der Waals surface area (Å²) in [5.74, 6) is 0.680. The molecule has 2 fully saturated rings. The molecule has 29 heavy (non-hydrogen) atoms. The maximum Gasteiger partial charge on any atom is 0.257 e. The molecule has 150 valence electrons. The van der Waals surface area contributed by atoms with Crippen molar-refractivity contribution in [2.45, 2.75) is 13.5 Å². The molecule has 2 N–H and O–H groups in total. The van der Waals surface area contributed by atoms with Gasteiger partial charge in [-0.25, -0.2) is 4.98 Å². The number of carbonyl (C=O) groups excluding carboxylic acids is 2. The number of likely N-dealkylation sites (tertiary alicyclic amines) is 1. The average molecular weight is 394 g/mol. The monoisotopic (exact) mass is 394 g/mol. The first kappa shape index (κ1) is 17.9. The van der Waals surface area contributed by atoms with E-state index in [-0.39, 0.29) is 17.7 Å². The number of hydrogen-bond donors (Lipinski definition) is 2. The third-order valence-corrected chi connectivity index (χ3v) is 6.00. The first-order valence-electron chi connectivity index (χ1n) is 9.68. The van der Waals surface area contributed by atoms with E-state index >= 15 is 0 Å². The van der Waals surface area contributed by atoms with Crippen molar-refractivity contribution in [3.63, 3.8) is 0 Å². The lowest BCUT2D eigenvalue weighted by Gasteiger charge is -2.26. The van der Waals surface area contributed by atoms with Gasteiger partial charge in [-0.3, -0.25) is 9.59 Å². The van der Waals surface area contributed by atoms with Gasteiger partial charge < -0.3 is 24.4 Å². The van der Waals surface area contributed by atoms with E-state index in [2.05, 4.69) is 15.3 Å². The van der Waals surface area contributed by atoms with Crippen molar-refractivity contribution in [2.24, 2.45) is 11.3 Å². The van der Waals surface area contributed by atoms with Crippen LogP contribution in [-0.4, -0.2) is 53.0 Å². The summed E-state index contributed by atoms with van der Waals surface area (Å²) in [7, 11) is 0. The highest BCUT2D eigenvalue weighted by Crippen LogP contribution is 2.42. The lowest BCUT2D eigenvalue weighted by molar-refractivity contribution is -0.131. The highest BCUT2D eigenvalue weighted by Gasteiger charge is 2.56. The smallest absolute Gasteiger partial charge is 0.257 e. The van der Waals surface area contributed by atoms with Gasteiger partial charge in [0.2, 0.25) is 5.91 Å². The van der Waals surface area contributed by atoms with Gasteiger partial charge in [-0.05, 0) is 30.7 Å². The molecular weight excluding hydrogens is 372 g/mol. The van der Waals surface area contributed by atoms with Crippen LogP contribution < -0.4 is 5.32 Å². The zero-order chi connectivity index (χ0) is 20.0. The number of imidazole rings is 1. The van der Waals surface area contributed by atoms with E-state index in [1.807, 2.05) is 25.1 Å². The fourth-order valence-corrected chi connectivity index (χ4v) is 4.43. The number of H-pyrrole nitrogens is 1. The molecule has 0 radical (unpaired) electrons. The fraction of sp³-hybridized carbons (Fsp3) is 0.381. The minimum Gasteiger partial charge on any atom is -0.472 e. The quantitative estimate of drug-likeness (QED) is 0.704. The summed E-state index contributed by atoms with van der Waals surface area (Å²) >= 11 is 0. The molecule has 0 unspecified atom stereocenters. The van der Waals surface area contributed by atoms with Crippen molar-refractivity contribution in [3.05, 3.63) is 53.7 Å². The number of aryl methyl sites for hydroxylation is 1. The third-order valence-electron chi connectivity index (χ3n) is 6.00. The Morgan fingerprint density at radius 3 is 3.10 bits per heavy atom. The maximum absolute atomic E-state index is 13.2. The van der Waals surface area contributed by atoms with E-state index in [0.29, 0.717) is 38.4 Å². The van der Waals surface area contributed by atoms with Crippen molar-refractivity contribution in [1.82, 2.24) is 20.2 Å². The molecule has 8 heteroatoms. The summed E-state index contributed by atoms with van der Waals surface area (Å²) in [5, 5.41) is 3.06. The van der Waals surface area contributed by atoms with Gasteiger partial charge in [0.15, 0.2) is 0 Å². The van der Waals surface area contributed by atoms with Crippen LogP contribution in [0.2, 0.25) is 0 Å². The van der Waals surface area contributed by atoms with E-state index in [4.69, 9.17) is 9.15 Å². The number of aromatic amines is 1. The number of nitrogens with zero attached hydrogens (tertiary/aromatic N) is 2. The molecule has 0 saturated carbocycles. The van der Waals surface area contributed by atoms with E-state index < -0.39 is 5.41 Å². The molecule has 2 aliphatic rings. The molecule has 0 aliphatic carbocycles. The summed E-state index contributed by atoms with van der Waals surface area (Å²) in [6.07, 6.45) is 2.92. The van der Waals surface area contributed by atoms with Crippen molar-refractivity contribution in [2.75, 3.05) is 26.3 Å². The first-order chi connectivity index (χ1) is 14.0. The van der Waals surface area contributed by atoms with Crippen LogP contribution in [0.15, 0.2) is 41.2 Å². The maximum atomic E-state index is 13.2. The normalized spacial score (nSPS) is 23.5. The van der Waals surface area contributed by atoms with Crippen LogP contribution in [0.1, 0.15) is 21.7 Å². The van der Waals surface area contributed by atoms with Crippen molar-refractivity contribution >= 4 is 22.8 Å². The predicted molar refractivity (Wildman–Crippen MR) is 104 cm³/mol. The topological polar surface area (TPSA) is 100 Å². The number of rotatable bonds is 4. The summed E-state index contributed by atoms with van der Waals surface area (Å²) in [6.45, 7) is 4.01. The Labute approximate surface area is 167 Å². The van der Waals surface area contributed by atoms with Gasteiger partial charge in [-0.1, -0.05) is 6.07 Å². The number of nitrogens with one attached hydrogen (secondary N) is 2. The second-order valence-electron chi connectivity index (χ2n) is 7.92. The van der Waals surface area contributed by atoms with Gasteiger partial charge in [0, 0.05) is 25.6 Å². The van der Waals surface area contributed by atoms with Gasteiger partial charge >= 0.3 is 0 Å². The van der Waals surface area contributed by atoms with Crippen LogP contribution in [-0.2, 0) is 16.1 Å². The predicted octanol–water partition coefficient (Wildman–Crippen LogP) is 1.87. The Morgan fingerprint density at radius 2 is 2.28 bits per heavy atom. The van der Waals surface area contributed by atoms with Crippen LogP contribution in [0, 0.1) is 18.3 Å². The Kier molecular flexibility index (Phi) is 4.16. The number of hydrogen-bond acceptors (Lipinski definition) is 5. The van der Waals surface area contributed by atoms with Crippen LogP contribution in [0.3, 0.4) is 0 Å². The number of benzene rings is 1. The molecule has 0 bridgehead atoms. The van der Waals surface area contributed by atoms with E-state index in [9.17, 15) is 9.59 Å². The Balaban J connectivity index is 1.30. The number of aromatic nitrogens is 2. The molecule has 8 nitrogen and oxygen atoms in total. The summed E-state index contributed by atoms with van der Waals surface area (Å²) in [4.78, 5) is 35.2. The highest BCUT2D eigenvalue weighted by atomic mass is 16.5. The van der Waals surface area contributed by atoms with Crippen molar-refractivity contribution in [1.29, 1.82) is 0 Å². The zero-order valence-electron chi connectivity index (χ0n) is 16.1. The molecule has 2 aromatic heterocycles. The van der Waals surface area contributed by atoms with Gasteiger partial charge in [-0.15, -0.1) is 0 Å². The van der Waals surface area contributed by atoms with E-state index in [0.717, 1.165) is 22.4 Å². The standard InChI is InChI=1S/C21H22N4O4/c1-13-23-17-3-2-14(6-18(17)24-13)7-22-20(27)21-11-25(8-16(21)10-29-12-21)19(26)15-4-5-28-9-15/h2-6,9,16H,7-8,10-12H2,1H3,(H,22,27)(H,23,24)/t16-,21-/m0/s1. The molecule has 3 aromatic rings. The molecule has 2 amide bonds. The van der Waals surface area contributed by atoms with Crippen molar-refractivity contribution < 1.29 is 18.7 Å². The van der Waals surface area contributed by atoms with E-state index in [1.54, 1.807) is 11.0 Å². The highest BCUT2D eigenvalue weighted by molar-refractivity contribution is 5.95. The SMILES string of the molecule is Cc1nc2ccc(CNC(=O)[C@@]34COC[C@@H]3CN(C(=O)c3ccoc3)C4)cc2[nH]1. The Hall–Kier alpha value is -3.13. The number of furan rings is 1. The number of amides is 2. The van der Waals surface area contributed by atoms with Crippen LogP contribution in [0.4, 0.5) is 0 Å². The summed E-state index contributed by atoms with van der Waals surface area (Å²) in [6, 6.07) is 7.56. The Bertz CT molecular complexity index is 1070. The molecule has 5 rings (SSSR count). The molecule has 2 atom stereocenters. The number of fused-ring (bicyclic) bond motifs is 2. The minimum atomic E-state index is -0.700. The van der Waals surface area contributed by atoms with Crippen LogP contribution in [0.25, 0.3) is 11.0 Å². The lowest BCUT2D eigenvalue weighted by Crippen LogP contribution is -2.46. The van der Waals surface area contributed by atoms with Crippen LogP contribution >= 0.6 is 0 Å². The number of ether oxygens (including phenoxy) is 1. The second kappa shape index (κ2) is 6.73. The first-order valence-corrected chi connectivity index (χ1v) is 9.68. The van der Waals surface area contributed by atoms with E-state index in [1.165, 1.54) is 12.5 Å².